The van der Waals surface area contributed by atoms with E-state index < -0.39 is 12.4 Å². The van der Waals surface area contributed by atoms with Gasteiger partial charge in [-0.25, -0.2) is 8.78 Å². The van der Waals surface area contributed by atoms with Crippen LogP contribution in [0.15, 0.2) is 42.5 Å². The number of ether oxygens (including phenoxy) is 2. The molecule has 0 amide bonds. The highest BCUT2D eigenvalue weighted by Crippen LogP contribution is 2.31. The maximum atomic E-state index is 13.1. The van der Waals surface area contributed by atoms with Gasteiger partial charge < -0.3 is 9.47 Å². The van der Waals surface area contributed by atoms with E-state index in [0.29, 0.717) is 27.9 Å². The number of benzene rings is 2. The molecule has 5 nitrogen and oxygen atoms in total. The number of esters is 1. The van der Waals surface area contributed by atoms with Crippen molar-refractivity contribution in [3.8, 4) is 5.75 Å². The summed E-state index contributed by atoms with van der Waals surface area (Å²) in [7, 11) is 2.83. The summed E-state index contributed by atoms with van der Waals surface area (Å²) in [5.74, 6) is -0.215. The third-order valence-corrected chi connectivity index (χ3v) is 4.70. The van der Waals surface area contributed by atoms with Gasteiger partial charge in [0.25, 0.3) is 12.3 Å². The van der Waals surface area contributed by atoms with Gasteiger partial charge in [0.2, 0.25) is 0 Å². The molecule has 146 valence electrons. The maximum absolute atomic E-state index is 13.1. The number of methoxy groups -OCH3 is 2. The zero-order valence-electron chi connectivity index (χ0n) is 15.7. The molecule has 2 aromatic carbocycles. The fraction of sp³-hybridized carbons (Fsp3) is 0.238. The van der Waals surface area contributed by atoms with E-state index in [1.54, 1.807) is 25.1 Å². The summed E-state index contributed by atoms with van der Waals surface area (Å²) in [6.45, 7) is 1.73. The third kappa shape index (κ3) is 3.47. The highest BCUT2D eigenvalue weighted by Gasteiger charge is 2.22. The number of carbonyl (C=O) groups excluding carboxylic acids is 2. The summed E-state index contributed by atoms with van der Waals surface area (Å²) >= 11 is 0. The van der Waals surface area contributed by atoms with Crippen LogP contribution >= 0.6 is 0 Å². The summed E-state index contributed by atoms with van der Waals surface area (Å²) in [5, 5.41) is 0.694. The van der Waals surface area contributed by atoms with Gasteiger partial charge in [0, 0.05) is 22.2 Å². The second-order valence-electron chi connectivity index (χ2n) is 6.26. The number of rotatable bonds is 5. The van der Waals surface area contributed by atoms with Crippen molar-refractivity contribution < 1.29 is 27.8 Å². The Bertz CT molecular complexity index is 1040. The minimum Gasteiger partial charge on any atom is -0.497 e. The molecule has 1 aromatic heterocycles. The molecule has 0 spiro atoms. The van der Waals surface area contributed by atoms with Crippen molar-refractivity contribution in [1.82, 2.24) is 4.57 Å². The molecule has 28 heavy (non-hydrogen) atoms. The van der Waals surface area contributed by atoms with Crippen molar-refractivity contribution in [2.45, 2.75) is 19.8 Å². The lowest BCUT2D eigenvalue weighted by Crippen LogP contribution is -2.14. The molecule has 0 unspecified atom stereocenters. The molecule has 3 rings (SSSR count). The minimum absolute atomic E-state index is 0.00337. The smallest absolute Gasteiger partial charge is 0.310 e. The van der Waals surface area contributed by atoms with Gasteiger partial charge >= 0.3 is 5.97 Å². The normalized spacial score (nSPS) is 11.1. The van der Waals surface area contributed by atoms with E-state index in [4.69, 9.17) is 9.47 Å². The number of fused-ring (bicyclic) bond motifs is 1. The number of alkyl halides is 2. The van der Waals surface area contributed by atoms with Crippen LogP contribution in [0.3, 0.4) is 0 Å². The molecule has 3 aromatic rings. The van der Waals surface area contributed by atoms with Crippen molar-refractivity contribution >= 4 is 22.8 Å². The number of halogens is 2. The zero-order chi connectivity index (χ0) is 20.4. The highest BCUT2D eigenvalue weighted by molar-refractivity contribution is 6.05. The maximum Gasteiger partial charge on any atom is 0.310 e. The number of aromatic nitrogens is 1. The summed E-state index contributed by atoms with van der Waals surface area (Å²) in [6, 6.07) is 10.4. The first-order valence-corrected chi connectivity index (χ1v) is 8.55. The van der Waals surface area contributed by atoms with E-state index in [0.717, 1.165) is 0 Å². The Labute approximate surface area is 160 Å². The van der Waals surface area contributed by atoms with Crippen molar-refractivity contribution in [1.29, 1.82) is 0 Å². The van der Waals surface area contributed by atoms with Gasteiger partial charge in [0.1, 0.15) is 5.75 Å². The Morgan fingerprint density at radius 1 is 1.07 bits per heavy atom. The first-order chi connectivity index (χ1) is 13.4. The van der Waals surface area contributed by atoms with Crippen LogP contribution in [0.5, 0.6) is 5.75 Å². The highest BCUT2D eigenvalue weighted by atomic mass is 19.3. The molecule has 0 saturated heterocycles. The van der Waals surface area contributed by atoms with Crippen LogP contribution in [0.25, 0.3) is 10.9 Å². The molecule has 1 heterocycles. The van der Waals surface area contributed by atoms with Crippen LogP contribution < -0.4 is 4.74 Å². The molecule has 0 fully saturated rings. The monoisotopic (exact) mass is 387 g/mol. The summed E-state index contributed by atoms with van der Waals surface area (Å²) < 4.78 is 37.1. The van der Waals surface area contributed by atoms with Gasteiger partial charge in [-0.2, -0.15) is 0 Å². The molecule has 0 atom stereocenters. The van der Waals surface area contributed by atoms with E-state index in [1.165, 1.54) is 43.1 Å². The zero-order valence-corrected chi connectivity index (χ0v) is 15.7. The van der Waals surface area contributed by atoms with Gasteiger partial charge in [-0.1, -0.05) is 12.1 Å². The van der Waals surface area contributed by atoms with Gasteiger partial charge in [-0.05, 0) is 42.8 Å². The van der Waals surface area contributed by atoms with Crippen molar-refractivity contribution in [2.75, 3.05) is 14.2 Å². The van der Waals surface area contributed by atoms with Crippen LogP contribution in [-0.2, 0) is 16.0 Å². The lowest BCUT2D eigenvalue weighted by molar-refractivity contribution is -0.139. The lowest BCUT2D eigenvalue weighted by atomic mass is 10.1. The van der Waals surface area contributed by atoms with Crippen molar-refractivity contribution in [3.05, 3.63) is 64.8 Å². The number of hydrogen-bond donors (Lipinski definition) is 0. The predicted molar refractivity (Wildman–Crippen MR) is 100 cm³/mol. The average molecular weight is 387 g/mol. The number of nitrogens with zero attached hydrogens (tertiary/aromatic N) is 1. The molecule has 0 aliphatic heterocycles. The van der Waals surface area contributed by atoms with E-state index in [9.17, 15) is 18.4 Å². The fourth-order valence-corrected chi connectivity index (χ4v) is 3.19. The van der Waals surface area contributed by atoms with Gasteiger partial charge in [0.15, 0.2) is 0 Å². The summed E-state index contributed by atoms with van der Waals surface area (Å²) in [5.41, 5.74) is 1.95. The van der Waals surface area contributed by atoms with Crippen LogP contribution in [0.2, 0.25) is 0 Å². The number of hydrogen-bond acceptors (Lipinski definition) is 4. The van der Waals surface area contributed by atoms with Crippen molar-refractivity contribution in [3.63, 3.8) is 0 Å². The Balaban J connectivity index is 2.15. The van der Waals surface area contributed by atoms with E-state index in [-0.39, 0.29) is 23.5 Å². The number of carbonyl (C=O) groups is 2. The largest absolute Gasteiger partial charge is 0.497 e. The Kier molecular flexibility index (Phi) is 5.44. The molecule has 0 N–H and O–H groups in total. The van der Waals surface area contributed by atoms with Crippen molar-refractivity contribution in [2.24, 2.45) is 0 Å². The standard InChI is InChI=1S/C21H19F2NO4/c1-12-16(11-19(25)28-3)17-10-15(27-2)8-9-18(17)24(12)21(26)14-6-4-13(5-7-14)20(22)23/h4-10,20H,11H2,1-3H3. The van der Waals surface area contributed by atoms with Crippen LogP contribution in [-0.4, -0.2) is 30.7 Å². The van der Waals surface area contributed by atoms with Crippen LogP contribution in [0.1, 0.15) is 33.6 Å². The molecular weight excluding hydrogens is 368 g/mol. The fourth-order valence-electron chi connectivity index (χ4n) is 3.19. The van der Waals surface area contributed by atoms with Crippen LogP contribution in [0, 0.1) is 6.92 Å². The molecule has 0 aliphatic rings. The SMILES string of the molecule is COC(=O)Cc1c(C)n(C(=O)c2ccc(C(F)F)cc2)c2ccc(OC)cc12. The predicted octanol–water partition coefficient (Wildman–Crippen LogP) is 4.30. The Morgan fingerprint density at radius 2 is 1.75 bits per heavy atom. The first kappa shape index (κ1) is 19.5. The summed E-state index contributed by atoms with van der Waals surface area (Å²) in [4.78, 5) is 25.0. The van der Waals surface area contributed by atoms with Crippen LogP contribution in [0.4, 0.5) is 8.78 Å². The van der Waals surface area contributed by atoms with Gasteiger partial charge in [0.05, 0.1) is 26.2 Å². The molecule has 7 heteroatoms. The third-order valence-electron chi connectivity index (χ3n) is 4.70. The lowest BCUT2D eigenvalue weighted by Gasteiger charge is -2.09. The molecule has 0 aliphatic carbocycles. The minimum atomic E-state index is -2.60. The van der Waals surface area contributed by atoms with E-state index in [1.807, 2.05) is 0 Å². The van der Waals surface area contributed by atoms with Gasteiger partial charge in [-0.3, -0.25) is 14.2 Å². The average Bonchev–Trinajstić information content (AvgIpc) is 2.98. The molecule has 0 radical (unpaired) electrons. The second kappa shape index (κ2) is 7.80. The molecular formula is C21H19F2NO4. The van der Waals surface area contributed by atoms with E-state index in [2.05, 4.69) is 0 Å². The first-order valence-electron chi connectivity index (χ1n) is 8.55. The summed E-state index contributed by atoms with van der Waals surface area (Å²) in [6.07, 6.45) is -2.60. The second-order valence-corrected chi connectivity index (χ2v) is 6.26. The molecule has 0 bridgehead atoms. The Hall–Kier alpha value is -3.22. The topological polar surface area (TPSA) is 57.5 Å². The van der Waals surface area contributed by atoms with E-state index >= 15 is 0 Å². The quantitative estimate of drug-likeness (QED) is 0.613. The van der Waals surface area contributed by atoms with Gasteiger partial charge in [-0.15, -0.1) is 0 Å². The molecule has 0 saturated carbocycles. The Morgan fingerprint density at radius 3 is 2.32 bits per heavy atom.